The summed E-state index contributed by atoms with van der Waals surface area (Å²) in [5.74, 6) is -0.413. The normalized spacial score (nSPS) is 17.3. The lowest BCUT2D eigenvalue weighted by atomic mass is 10.1. The van der Waals surface area contributed by atoms with Crippen molar-refractivity contribution in [3.63, 3.8) is 0 Å². The van der Waals surface area contributed by atoms with Crippen molar-refractivity contribution in [3.8, 4) is 0 Å². The third kappa shape index (κ3) is 3.70. The molecule has 6 nitrogen and oxygen atoms in total. The van der Waals surface area contributed by atoms with Crippen LogP contribution in [0.2, 0.25) is 5.15 Å². The molecule has 0 bridgehead atoms. The molecule has 0 amide bonds. The van der Waals surface area contributed by atoms with Crippen LogP contribution in [0.5, 0.6) is 0 Å². The average Bonchev–Trinajstić information content (AvgIpc) is 2.93. The van der Waals surface area contributed by atoms with Crippen LogP contribution in [-0.4, -0.2) is 33.9 Å². The largest absolute Gasteiger partial charge is 0.462 e. The number of nitrogens with zero attached hydrogens (tertiary/aromatic N) is 3. The van der Waals surface area contributed by atoms with Crippen LogP contribution in [0.4, 0.5) is 0 Å². The minimum Gasteiger partial charge on any atom is -0.462 e. The van der Waals surface area contributed by atoms with Crippen LogP contribution < -0.4 is 0 Å². The molecule has 1 atom stereocenters. The lowest BCUT2D eigenvalue weighted by molar-refractivity contribution is -0.0371. The summed E-state index contributed by atoms with van der Waals surface area (Å²) >= 11 is 6.09. The highest BCUT2D eigenvalue weighted by atomic mass is 35.5. The van der Waals surface area contributed by atoms with Crippen LogP contribution >= 0.6 is 11.6 Å². The van der Waals surface area contributed by atoms with Crippen LogP contribution in [-0.2, 0) is 9.47 Å². The zero-order valence-electron chi connectivity index (χ0n) is 14.6. The molecular formula is C17H24ClN3O3. The summed E-state index contributed by atoms with van der Waals surface area (Å²) in [6.45, 7) is 8.62. The quantitative estimate of drug-likeness (QED) is 0.608. The van der Waals surface area contributed by atoms with Crippen molar-refractivity contribution in [2.75, 3.05) is 13.2 Å². The topological polar surface area (TPSA) is 66.2 Å². The number of ether oxygens (including phenoxy) is 2. The van der Waals surface area contributed by atoms with Crippen molar-refractivity contribution in [2.45, 2.75) is 53.2 Å². The van der Waals surface area contributed by atoms with E-state index >= 15 is 0 Å². The van der Waals surface area contributed by atoms with Crippen molar-refractivity contribution >= 4 is 28.6 Å². The van der Waals surface area contributed by atoms with E-state index in [0.29, 0.717) is 29.8 Å². The molecule has 0 N–H and O–H groups in total. The molecular weight excluding hydrogens is 330 g/mol. The number of aryl methyl sites for hydroxylation is 1. The molecule has 0 spiro atoms. The highest BCUT2D eigenvalue weighted by molar-refractivity contribution is 6.30. The Bertz CT molecular complexity index is 709. The Morgan fingerprint density at radius 1 is 1.46 bits per heavy atom. The Morgan fingerprint density at radius 3 is 2.83 bits per heavy atom. The number of rotatable bonds is 3. The standard InChI is InChI=1S/C15H18ClN3O3.C2H6/c1-3-21-15(20)10-8-11(16)17-14-13(10)9(2)18-19(14)12-6-4-5-7-22-12;1-2/h8,12H,3-7H2,1-2H3;1-2H3. The Balaban J connectivity index is 0.00000100. The second kappa shape index (κ2) is 8.44. The predicted molar refractivity (Wildman–Crippen MR) is 93.4 cm³/mol. The second-order valence-corrected chi connectivity index (χ2v) is 5.65. The highest BCUT2D eigenvalue weighted by Gasteiger charge is 2.25. The SMILES string of the molecule is CC.CCOC(=O)c1cc(Cl)nc2c1c(C)nn2C1CCCCO1. The molecule has 1 aliphatic rings. The molecule has 2 aromatic heterocycles. The summed E-state index contributed by atoms with van der Waals surface area (Å²) in [5.41, 5.74) is 1.69. The molecule has 1 saturated heterocycles. The fraction of sp³-hybridized carbons (Fsp3) is 0.588. The Hall–Kier alpha value is -1.66. The number of aromatic nitrogens is 3. The molecule has 132 valence electrons. The molecule has 0 aromatic carbocycles. The maximum absolute atomic E-state index is 12.2. The smallest absolute Gasteiger partial charge is 0.339 e. The number of carbonyl (C=O) groups excluding carboxylic acids is 1. The number of pyridine rings is 1. The number of hydrogen-bond donors (Lipinski definition) is 0. The van der Waals surface area contributed by atoms with Crippen LogP contribution in [0.15, 0.2) is 6.07 Å². The molecule has 24 heavy (non-hydrogen) atoms. The van der Waals surface area contributed by atoms with Gasteiger partial charge >= 0.3 is 5.97 Å². The lowest BCUT2D eigenvalue weighted by Gasteiger charge is -2.23. The van der Waals surface area contributed by atoms with E-state index in [9.17, 15) is 4.79 Å². The fourth-order valence-corrected chi connectivity index (χ4v) is 2.96. The maximum atomic E-state index is 12.2. The first-order chi connectivity index (χ1) is 11.6. The molecule has 3 rings (SSSR count). The number of hydrogen-bond acceptors (Lipinski definition) is 5. The number of carbonyl (C=O) groups is 1. The van der Waals surface area contributed by atoms with Gasteiger partial charge in [-0.3, -0.25) is 0 Å². The first-order valence-electron chi connectivity index (χ1n) is 8.46. The molecule has 7 heteroatoms. The molecule has 1 fully saturated rings. The van der Waals surface area contributed by atoms with Gasteiger partial charge in [0.15, 0.2) is 11.9 Å². The van der Waals surface area contributed by atoms with E-state index in [4.69, 9.17) is 21.1 Å². The minimum absolute atomic E-state index is 0.161. The third-order valence-corrected chi connectivity index (χ3v) is 3.92. The van der Waals surface area contributed by atoms with Gasteiger partial charge in [-0.25, -0.2) is 14.5 Å². The van der Waals surface area contributed by atoms with Gasteiger partial charge < -0.3 is 9.47 Å². The van der Waals surface area contributed by atoms with Crippen molar-refractivity contribution in [1.82, 2.24) is 14.8 Å². The van der Waals surface area contributed by atoms with Crippen LogP contribution in [0.1, 0.15) is 62.3 Å². The van der Waals surface area contributed by atoms with Crippen LogP contribution in [0, 0.1) is 6.92 Å². The summed E-state index contributed by atoms with van der Waals surface area (Å²) in [6.07, 6.45) is 2.85. The molecule has 0 saturated carbocycles. The Kier molecular flexibility index (Phi) is 6.57. The summed E-state index contributed by atoms with van der Waals surface area (Å²) in [4.78, 5) is 16.5. The highest BCUT2D eigenvalue weighted by Crippen LogP contribution is 2.30. The van der Waals surface area contributed by atoms with E-state index in [2.05, 4.69) is 10.1 Å². The number of fused-ring (bicyclic) bond motifs is 1. The summed E-state index contributed by atoms with van der Waals surface area (Å²) < 4.78 is 12.6. The average molecular weight is 354 g/mol. The Labute approximate surface area is 147 Å². The van der Waals surface area contributed by atoms with Gasteiger partial charge in [-0.15, -0.1) is 0 Å². The Morgan fingerprint density at radius 2 is 2.21 bits per heavy atom. The number of esters is 1. The van der Waals surface area contributed by atoms with Gasteiger partial charge in [0, 0.05) is 6.61 Å². The van der Waals surface area contributed by atoms with Gasteiger partial charge in [-0.05, 0) is 39.2 Å². The molecule has 1 aliphatic heterocycles. The van der Waals surface area contributed by atoms with Gasteiger partial charge in [0.05, 0.1) is 23.3 Å². The van der Waals surface area contributed by atoms with Gasteiger partial charge in [0.2, 0.25) is 0 Å². The van der Waals surface area contributed by atoms with Crippen molar-refractivity contribution < 1.29 is 14.3 Å². The maximum Gasteiger partial charge on any atom is 0.339 e. The first kappa shape index (κ1) is 18.7. The van der Waals surface area contributed by atoms with E-state index in [1.807, 2.05) is 20.8 Å². The molecule has 2 aromatic rings. The van der Waals surface area contributed by atoms with E-state index in [1.54, 1.807) is 11.6 Å². The molecule has 1 unspecified atom stereocenters. The van der Waals surface area contributed by atoms with Crippen molar-refractivity contribution in [3.05, 3.63) is 22.5 Å². The summed E-state index contributed by atoms with van der Waals surface area (Å²) in [7, 11) is 0. The van der Waals surface area contributed by atoms with E-state index < -0.39 is 5.97 Å². The molecule has 0 aliphatic carbocycles. The molecule has 3 heterocycles. The molecule has 0 radical (unpaired) electrons. The van der Waals surface area contributed by atoms with Crippen molar-refractivity contribution in [1.29, 1.82) is 0 Å². The third-order valence-electron chi connectivity index (χ3n) is 3.73. The summed E-state index contributed by atoms with van der Waals surface area (Å²) in [6, 6.07) is 1.53. The zero-order chi connectivity index (χ0) is 17.7. The number of halogens is 1. The fourth-order valence-electron chi connectivity index (χ4n) is 2.77. The van der Waals surface area contributed by atoms with Crippen molar-refractivity contribution in [2.24, 2.45) is 0 Å². The monoisotopic (exact) mass is 353 g/mol. The van der Waals surface area contributed by atoms with Gasteiger partial charge in [0.1, 0.15) is 5.15 Å². The zero-order valence-corrected chi connectivity index (χ0v) is 15.4. The van der Waals surface area contributed by atoms with Crippen LogP contribution in [0.25, 0.3) is 11.0 Å². The van der Waals surface area contributed by atoms with Gasteiger partial charge in [-0.1, -0.05) is 25.4 Å². The van der Waals surface area contributed by atoms with Gasteiger partial charge in [-0.2, -0.15) is 5.10 Å². The predicted octanol–water partition coefficient (Wildman–Crippen LogP) is 4.30. The van der Waals surface area contributed by atoms with Gasteiger partial charge in [0.25, 0.3) is 0 Å². The minimum atomic E-state index is -0.413. The first-order valence-corrected chi connectivity index (χ1v) is 8.83. The second-order valence-electron chi connectivity index (χ2n) is 5.26. The van der Waals surface area contributed by atoms with Crippen LogP contribution in [0.3, 0.4) is 0 Å². The van der Waals surface area contributed by atoms with E-state index in [0.717, 1.165) is 25.0 Å². The van der Waals surface area contributed by atoms with E-state index in [1.165, 1.54) is 6.07 Å². The van der Waals surface area contributed by atoms with E-state index in [-0.39, 0.29) is 11.4 Å². The summed E-state index contributed by atoms with van der Waals surface area (Å²) in [5, 5.41) is 5.44. The lowest BCUT2D eigenvalue weighted by Crippen LogP contribution is -2.19.